The van der Waals surface area contributed by atoms with Crippen molar-refractivity contribution in [2.75, 3.05) is 13.2 Å². The molecule has 0 aromatic carbocycles. The van der Waals surface area contributed by atoms with Crippen molar-refractivity contribution >= 4 is 5.91 Å². The molecule has 0 bridgehead atoms. The van der Waals surface area contributed by atoms with Gasteiger partial charge in [0, 0.05) is 0 Å². The Morgan fingerprint density at radius 1 is 0.630 bits per heavy atom. The maximum atomic E-state index is 13.0. The van der Waals surface area contributed by atoms with Gasteiger partial charge >= 0.3 is 0 Å². The van der Waals surface area contributed by atoms with E-state index in [-0.39, 0.29) is 12.8 Å². The summed E-state index contributed by atoms with van der Waals surface area (Å²) in [5.74, 6) is -0.725. The fourth-order valence-corrected chi connectivity index (χ4v) is 6.49. The highest BCUT2D eigenvalue weighted by Gasteiger charge is 2.44. The molecule has 1 heterocycles. The fourth-order valence-electron chi connectivity index (χ4n) is 6.49. The first kappa shape index (κ1) is 50.3. The first-order valence-corrected chi connectivity index (χ1v) is 21.4. The van der Waals surface area contributed by atoms with Gasteiger partial charge in [-0.05, 0) is 70.6 Å². The number of nitrogens with one attached hydrogen (secondary N) is 1. The molecule has 1 fully saturated rings. The average Bonchev–Trinajstić information content (AvgIpc) is 3.17. The maximum Gasteiger partial charge on any atom is 0.249 e. The van der Waals surface area contributed by atoms with Crippen LogP contribution in [0.2, 0.25) is 0 Å². The molecule has 0 aromatic heterocycles. The minimum atomic E-state index is -1.67. The molecule has 9 unspecified atom stereocenters. The number of ether oxygens (including phenoxy) is 2. The monoisotopic (exact) mass is 770 g/mol. The Bertz CT molecular complexity index is 976. The van der Waals surface area contributed by atoms with Gasteiger partial charge in [-0.15, -0.1) is 0 Å². The minimum absolute atomic E-state index is 0.235. The Labute approximate surface area is 326 Å². The number of hydrogen-bond acceptors (Lipinski definition) is 10. The standard InChI is InChI=1S/C43H79NO10/c1-3-5-7-9-11-13-15-16-17-18-19-20-21-23-24-26-28-30-35(46)38(48)34(33-53-43-41(51)40(50)39(49)37(32-45)54-43)44-42(52)36(47)31-29-27-25-22-14-12-10-8-6-4-2/h10,12,18-19,23-24,34-41,43,45-51H,3-9,11,13-17,20-22,25-33H2,1-2H3,(H,44,52)/b12-10-,19-18+,24-23+. The number of amides is 1. The van der Waals surface area contributed by atoms with Crippen LogP contribution in [0.5, 0.6) is 0 Å². The lowest BCUT2D eigenvalue weighted by atomic mass is 9.98. The van der Waals surface area contributed by atoms with Crippen LogP contribution in [0.15, 0.2) is 36.5 Å². The quantitative estimate of drug-likeness (QED) is 0.0283. The lowest BCUT2D eigenvalue weighted by molar-refractivity contribution is -0.303. The van der Waals surface area contributed by atoms with E-state index in [1.165, 1.54) is 64.2 Å². The molecule has 0 aliphatic carbocycles. The van der Waals surface area contributed by atoms with Crippen LogP contribution in [0, 0.1) is 0 Å². The number of unbranched alkanes of at least 4 members (excludes halogenated alkanes) is 16. The van der Waals surface area contributed by atoms with Crippen LogP contribution in [-0.2, 0) is 14.3 Å². The van der Waals surface area contributed by atoms with E-state index in [1.807, 2.05) is 0 Å². The Kier molecular flexibility index (Phi) is 31.2. The van der Waals surface area contributed by atoms with Crippen molar-refractivity contribution in [2.45, 2.75) is 217 Å². The van der Waals surface area contributed by atoms with Crippen LogP contribution in [0.3, 0.4) is 0 Å². The summed E-state index contributed by atoms with van der Waals surface area (Å²) < 4.78 is 11.0. The summed E-state index contributed by atoms with van der Waals surface area (Å²) >= 11 is 0. The predicted molar refractivity (Wildman–Crippen MR) is 215 cm³/mol. The van der Waals surface area contributed by atoms with Crippen molar-refractivity contribution in [1.29, 1.82) is 0 Å². The number of carbonyl (C=O) groups excluding carboxylic acids is 1. The molecule has 1 saturated heterocycles. The first-order chi connectivity index (χ1) is 26.2. The van der Waals surface area contributed by atoms with Gasteiger partial charge in [0.25, 0.3) is 0 Å². The van der Waals surface area contributed by atoms with Crippen LogP contribution in [0.25, 0.3) is 0 Å². The highest BCUT2D eigenvalue weighted by atomic mass is 16.7. The van der Waals surface area contributed by atoms with Crippen molar-refractivity contribution in [3.05, 3.63) is 36.5 Å². The first-order valence-electron chi connectivity index (χ1n) is 21.4. The number of carbonyl (C=O) groups is 1. The molecular formula is C43H79NO10. The van der Waals surface area contributed by atoms with Gasteiger partial charge < -0.3 is 50.5 Å². The molecule has 0 aromatic rings. The zero-order chi connectivity index (χ0) is 39.8. The summed E-state index contributed by atoms with van der Waals surface area (Å²) in [4.78, 5) is 13.0. The Balaban J connectivity index is 2.54. The highest BCUT2D eigenvalue weighted by Crippen LogP contribution is 2.23. The summed E-state index contributed by atoms with van der Waals surface area (Å²) in [6, 6.07) is -1.19. The molecule has 0 saturated carbocycles. The topological polar surface area (TPSA) is 189 Å². The smallest absolute Gasteiger partial charge is 0.249 e. The van der Waals surface area contributed by atoms with Gasteiger partial charge in [0.1, 0.15) is 36.6 Å². The largest absolute Gasteiger partial charge is 0.394 e. The lowest BCUT2D eigenvalue weighted by Crippen LogP contribution is -2.60. The van der Waals surface area contributed by atoms with E-state index in [2.05, 4.69) is 55.6 Å². The van der Waals surface area contributed by atoms with Crippen molar-refractivity contribution in [3.8, 4) is 0 Å². The molecule has 0 radical (unpaired) electrons. The third-order valence-corrected chi connectivity index (χ3v) is 10.1. The van der Waals surface area contributed by atoms with Crippen LogP contribution < -0.4 is 5.32 Å². The zero-order valence-electron chi connectivity index (χ0n) is 33.7. The fraction of sp³-hybridized carbons (Fsp3) is 0.837. The molecule has 316 valence electrons. The van der Waals surface area contributed by atoms with Gasteiger partial charge in [-0.1, -0.05) is 127 Å². The second-order valence-electron chi connectivity index (χ2n) is 15.0. The van der Waals surface area contributed by atoms with Gasteiger partial charge in [0.2, 0.25) is 5.91 Å². The predicted octanol–water partition coefficient (Wildman–Crippen LogP) is 6.05. The van der Waals surface area contributed by atoms with Crippen LogP contribution in [-0.4, -0.2) is 110 Å². The van der Waals surface area contributed by atoms with E-state index in [4.69, 9.17) is 9.47 Å². The summed E-state index contributed by atoms with van der Waals surface area (Å²) in [5.41, 5.74) is 0. The molecule has 0 spiro atoms. The summed E-state index contributed by atoms with van der Waals surface area (Å²) in [5, 5.41) is 75.3. The van der Waals surface area contributed by atoms with Crippen molar-refractivity contribution in [3.63, 3.8) is 0 Å². The molecule has 1 rings (SSSR count). The molecular weight excluding hydrogens is 690 g/mol. The number of hydrogen-bond donors (Lipinski definition) is 8. The second-order valence-corrected chi connectivity index (χ2v) is 15.0. The van der Waals surface area contributed by atoms with Crippen molar-refractivity contribution < 1.29 is 50.0 Å². The van der Waals surface area contributed by atoms with E-state index in [9.17, 15) is 40.5 Å². The summed E-state index contributed by atoms with van der Waals surface area (Å²) in [7, 11) is 0. The van der Waals surface area contributed by atoms with Crippen LogP contribution >= 0.6 is 0 Å². The van der Waals surface area contributed by atoms with E-state index in [1.54, 1.807) is 0 Å². The van der Waals surface area contributed by atoms with Gasteiger partial charge in [0.15, 0.2) is 6.29 Å². The Morgan fingerprint density at radius 2 is 1.13 bits per heavy atom. The normalized spacial score (nSPS) is 23.0. The molecule has 1 aliphatic rings. The average molecular weight is 770 g/mol. The Morgan fingerprint density at radius 3 is 1.70 bits per heavy atom. The van der Waals surface area contributed by atoms with Gasteiger partial charge in [-0.2, -0.15) is 0 Å². The molecule has 9 atom stereocenters. The number of aliphatic hydroxyl groups excluding tert-OH is 7. The number of allylic oxidation sites excluding steroid dienone is 6. The maximum absolute atomic E-state index is 13.0. The van der Waals surface area contributed by atoms with Crippen molar-refractivity contribution in [2.24, 2.45) is 0 Å². The molecule has 8 N–H and O–H groups in total. The summed E-state index contributed by atoms with van der Waals surface area (Å²) in [6.45, 7) is 3.33. The van der Waals surface area contributed by atoms with Crippen LogP contribution in [0.4, 0.5) is 0 Å². The third kappa shape index (κ3) is 23.4. The zero-order valence-corrected chi connectivity index (χ0v) is 33.7. The molecule has 1 aliphatic heterocycles. The highest BCUT2D eigenvalue weighted by molar-refractivity contribution is 5.80. The van der Waals surface area contributed by atoms with Crippen molar-refractivity contribution in [1.82, 2.24) is 5.32 Å². The van der Waals surface area contributed by atoms with E-state index in [0.29, 0.717) is 19.3 Å². The molecule has 11 nitrogen and oxygen atoms in total. The molecule has 54 heavy (non-hydrogen) atoms. The SMILES string of the molecule is CCCC/C=C\CCCCCCC(O)C(=O)NC(COC1OC(CO)C(O)C(O)C1O)C(O)C(O)CCC/C=C/CC/C=C/CCCCCCCCCC. The Hall–Kier alpha value is -1.67. The molecule has 11 heteroatoms. The van der Waals surface area contributed by atoms with E-state index < -0.39 is 74.2 Å². The van der Waals surface area contributed by atoms with Crippen LogP contribution in [0.1, 0.15) is 162 Å². The molecule has 1 amide bonds. The van der Waals surface area contributed by atoms with Gasteiger partial charge in [-0.3, -0.25) is 4.79 Å². The minimum Gasteiger partial charge on any atom is -0.394 e. The lowest BCUT2D eigenvalue weighted by Gasteiger charge is -2.40. The number of aliphatic hydroxyl groups is 7. The number of rotatable bonds is 34. The summed E-state index contributed by atoms with van der Waals surface area (Å²) in [6.07, 6.45) is 24.9. The third-order valence-electron chi connectivity index (χ3n) is 10.1. The van der Waals surface area contributed by atoms with E-state index in [0.717, 1.165) is 51.4 Å². The van der Waals surface area contributed by atoms with Gasteiger partial charge in [0.05, 0.1) is 25.4 Å². The second kappa shape index (κ2) is 33.5. The van der Waals surface area contributed by atoms with E-state index >= 15 is 0 Å². The van der Waals surface area contributed by atoms with Gasteiger partial charge in [-0.25, -0.2) is 0 Å².